The van der Waals surface area contributed by atoms with E-state index >= 15 is 0 Å². The molecule has 8 heteroatoms. The highest BCUT2D eigenvalue weighted by Crippen LogP contribution is 2.28. The van der Waals surface area contributed by atoms with Gasteiger partial charge in [0.25, 0.3) is 0 Å². The molecule has 1 N–H and O–H groups in total. The molecule has 2 heterocycles. The predicted molar refractivity (Wildman–Crippen MR) is 88.7 cm³/mol. The summed E-state index contributed by atoms with van der Waals surface area (Å²) in [6, 6.07) is 0. The SMILES string of the molecule is CCc1nn(C)c(NCC2CN(CC(C)C)CCO2)c1[N+](=O)[O-]. The molecule has 1 aliphatic rings. The second-order valence-corrected chi connectivity index (χ2v) is 6.41. The van der Waals surface area contributed by atoms with Gasteiger partial charge in [0.05, 0.1) is 17.6 Å². The number of anilines is 1. The van der Waals surface area contributed by atoms with E-state index < -0.39 is 0 Å². The fourth-order valence-corrected chi connectivity index (χ4v) is 2.99. The Morgan fingerprint density at radius 3 is 2.87 bits per heavy atom. The third-order valence-electron chi connectivity index (χ3n) is 3.95. The average molecular weight is 325 g/mol. The van der Waals surface area contributed by atoms with Crippen molar-refractivity contribution in [3.63, 3.8) is 0 Å². The van der Waals surface area contributed by atoms with Crippen molar-refractivity contribution in [1.82, 2.24) is 14.7 Å². The number of ether oxygens (including phenoxy) is 1. The molecule has 1 aromatic rings. The van der Waals surface area contributed by atoms with Gasteiger partial charge >= 0.3 is 5.69 Å². The Bertz CT molecular complexity index is 543. The molecule has 130 valence electrons. The van der Waals surface area contributed by atoms with Gasteiger partial charge in [-0.1, -0.05) is 20.8 Å². The molecular weight excluding hydrogens is 298 g/mol. The molecule has 1 saturated heterocycles. The van der Waals surface area contributed by atoms with E-state index in [4.69, 9.17) is 4.74 Å². The molecule has 2 rings (SSSR count). The van der Waals surface area contributed by atoms with E-state index in [9.17, 15) is 10.1 Å². The second kappa shape index (κ2) is 7.74. The van der Waals surface area contributed by atoms with Gasteiger partial charge in [0.2, 0.25) is 5.82 Å². The van der Waals surface area contributed by atoms with Crippen LogP contribution in [0.3, 0.4) is 0 Å². The van der Waals surface area contributed by atoms with Crippen LogP contribution >= 0.6 is 0 Å². The van der Waals surface area contributed by atoms with Gasteiger partial charge in [-0.3, -0.25) is 15.0 Å². The minimum absolute atomic E-state index is 0.0297. The third-order valence-corrected chi connectivity index (χ3v) is 3.95. The van der Waals surface area contributed by atoms with E-state index in [0.29, 0.717) is 37.0 Å². The lowest BCUT2D eigenvalue weighted by Crippen LogP contribution is -2.46. The van der Waals surface area contributed by atoms with E-state index in [0.717, 1.165) is 19.6 Å². The van der Waals surface area contributed by atoms with Crippen LogP contribution in [0, 0.1) is 16.0 Å². The highest BCUT2D eigenvalue weighted by Gasteiger charge is 2.27. The van der Waals surface area contributed by atoms with Gasteiger partial charge < -0.3 is 10.1 Å². The average Bonchev–Trinajstić information content (AvgIpc) is 2.81. The van der Waals surface area contributed by atoms with Crippen molar-refractivity contribution < 1.29 is 9.66 Å². The quantitative estimate of drug-likeness (QED) is 0.606. The summed E-state index contributed by atoms with van der Waals surface area (Å²) < 4.78 is 7.33. The molecular formula is C15H27N5O3. The number of rotatable bonds is 7. The summed E-state index contributed by atoms with van der Waals surface area (Å²) in [6.45, 7) is 10.4. The smallest absolute Gasteiger partial charge is 0.333 e. The van der Waals surface area contributed by atoms with E-state index in [-0.39, 0.29) is 16.7 Å². The zero-order chi connectivity index (χ0) is 17.0. The number of morpholine rings is 1. The van der Waals surface area contributed by atoms with Gasteiger partial charge in [-0.05, 0) is 12.3 Å². The third kappa shape index (κ3) is 4.42. The molecule has 0 bridgehead atoms. The second-order valence-electron chi connectivity index (χ2n) is 6.41. The molecule has 0 spiro atoms. The van der Waals surface area contributed by atoms with Crippen molar-refractivity contribution in [2.24, 2.45) is 13.0 Å². The molecule has 1 aromatic heterocycles. The summed E-state index contributed by atoms with van der Waals surface area (Å²) >= 11 is 0. The molecule has 1 aliphatic heterocycles. The van der Waals surface area contributed by atoms with Gasteiger partial charge in [0, 0.05) is 33.2 Å². The number of hydrogen-bond donors (Lipinski definition) is 1. The van der Waals surface area contributed by atoms with Gasteiger partial charge in [0.1, 0.15) is 5.69 Å². The van der Waals surface area contributed by atoms with Crippen LogP contribution in [0.25, 0.3) is 0 Å². The van der Waals surface area contributed by atoms with Gasteiger partial charge in [0.15, 0.2) is 0 Å². The first-order valence-corrected chi connectivity index (χ1v) is 8.20. The Hall–Kier alpha value is -1.67. The topological polar surface area (TPSA) is 85.5 Å². The number of nitrogens with one attached hydrogen (secondary N) is 1. The van der Waals surface area contributed by atoms with Crippen LogP contribution in [0.4, 0.5) is 11.5 Å². The van der Waals surface area contributed by atoms with E-state index in [1.165, 1.54) is 0 Å². The summed E-state index contributed by atoms with van der Waals surface area (Å²) in [7, 11) is 1.72. The number of hydrogen-bond acceptors (Lipinski definition) is 6. The predicted octanol–water partition coefficient (Wildman–Crippen LogP) is 1.66. The minimum atomic E-state index is -0.360. The van der Waals surface area contributed by atoms with E-state index in [2.05, 4.69) is 29.2 Å². The standard InChI is InChI=1S/C15H27N5O3/c1-5-13-14(20(21)22)15(18(4)17-13)16-8-12-10-19(6-7-23-12)9-11(2)3/h11-12,16H,5-10H2,1-4H3. The zero-order valence-electron chi connectivity index (χ0n) is 14.4. The number of nitrogens with zero attached hydrogens (tertiary/aromatic N) is 4. The summed E-state index contributed by atoms with van der Waals surface area (Å²) in [5.41, 5.74) is 0.579. The molecule has 1 unspecified atom stereocenters. The van der Waals surface area contributed by atoms with Crippen molar-refractivity contribution >= 4 is 11.5 Å². The van der Waals surface area contributed by atoms with E-state index in [1.807, 2.05) is 6.92 Å². The van der Waals surface area contributed by atoms with Crippen LogP contribution in [0.1, 0.15) is 26.5 Å². The highest BCUT2D eigenvalue weighted by atomic mass is 16.6. The largest absolute Gasteiger partial charge is 0.374 e. The van der Waals surface area contributed by atoms with Crippen molar-refractivity contribution in [3.8, 4) is 0 Å². The molecule has 8 nitrogen and oxygen atoms in total. The lowest BCUT2D eigenvalue weighted by molar-refractivity contribution is -0.384. The molecule has 0 aliphatic carbocycles. The van der Waals surface area contributed by atoms with Crippen LogP contribution in [-0.2, 0) is 18.2 Å². The van der Waals surface area contributed by atoms with Crippen molar-refractivity contribution in [2.75, 3.05) is 38.1 Å². The zero-order valence-corrected chi connectivity index (χ0v) is 14.4. The first kappa shape index (κ1) is 17.7. The summed E-state index contributed by atoms with van der Waals surface area (Å²) in [6.07, 6.45) is 0.565. The first-order valence-electron chi connectivity index (χ1n) is 8.20. The van der Waals surface area contributed by atoms with E-state index in [1.54, 1.807) is 11.7 Å². The van der Waals surface area contributed by atoms with Crippen LogP contribution in [0.2, 0.25) is 0 Å². The Morgan fingerprint density at radius 2 is 2.26 bits per heavy atom. The monoisotopic (exact) mass is 325 g/mol. The lowest BCUT2D eigenvalue weighted by atomic mass is 10.2. The van der Waals surface area contributed by atoms with Gasteiger partial charge in [-0.25, -0.2) is 4.68 Å². The number of aryl methyl sites for hydroxylation is 2. The number of nitro groups is 1. The highest BCUT2D eigenvalue weighted by molar-refractivity contribution is 5.59. The molecule has 0 radical (unpaired) electrons. The van der Waals surface area contributed by atoms with Gasteiger partial charge in [-0.15, -0.1) is 0 Å². The van der Waals surface area contributed by atoms with Crippen molar-refractivity contribution in [2.45, 2.75) is 33.3 Å². The Kier molecular flexibility index (Phi) is 5.95. The summed E-state index contributed by atoms with van der Waals surface area (Å²) in [5, 5.41) is 18.7. The summed E-state index contributed by atoms with van der Waals surface area (Å²) in [4.78, 5) is 13.3. The van der Waals surface area contributed by atoms with Crippen LogP contribution < -0.4 is 5.32 Å². The van der Waals surface area contributed by atoms with Crippen LogP contribution in [-0.4, -0.2) is 58.5 Å². The lowest BCUT2D eigenvalue weighted by Gasteiger charge is -2.34. The fraction of sp³-hybridized carbons (Fsp3) is 0.800. The normalized spacial score (nSPS) is 19.3. The van der Waals surface area contributed by atoms with Crippen molar-refractivity contribution in [1.29, 1.82) is 0 Å². The minimum Gasteiger partial charge on any atom is -0.374 e. The van der Waals surface area contributed by atoms with Crippen molar-refractivity contribution in [3.05, 3.63) is 15.8 Å². The maximum atomic E-state index is 11.3. The summed E-state index contributed by atoms with van der Waals surface area (Å²) in [5.74, 6) is 1.07. The van der Waals surface area contributed by atoms with Gasteiger partial charge in [-0.2, -0.15) is 5.10 Å². The Labute approximate surface area is 136 Å². The van der Waals surface area contributed by atoms with Crippen LogP contribution in [0.5, 0.6) is 0 Å². The number of aromatic nitrogens is 2. The Balaban J connectivity index is 2.00. The maximum absolute atomic E-state index is 11.3. The first-order chi connectivity index (χ1) is 10.9. The molecule has 0 saturated carbocycles. The maximum Gasteiger partial charge on any atom is 0.333 e. The molecule has 1 fully saturated rings. The van der Waals surface area contributed by atoms with Crippen LogP contribution in [0.15, 0.2) is 0 Å². The molecule has 1 atom stereocenters. The molecule has 23 heavy (non-hydrogen) atoms. The molecule has 0 amide bonds. The molecule has 0 aromatic carbocycles. The Morgan fingerprint density at radius 1 is 1.52 bits per heavy atom. The fourth-order valence-electron chi connectivity index (χ4n) is 2.99.